The highest BCUT2D eigenvalue weighted by Gasteiger charge is 2.36. The molecule has 0 saturated heterocycles. The number of benzene rings is 2. The van der Waals surface area contributed by atoms with Gasteiger partial charge in [-0.05, 0) is 36.2 Å². The van der Waals surface area contributed by atoms with Crippen LogP contribution in [-0.2, 0) is 16.2 Å². The standard InChI is InChI=1S/C23H20F3N5O2S/c1-14(15-6-4-3-5-7-15)30-22-18-10-16(8-9-19(18)28-13-29-22)17-11-20(31-34(2,32)33)21(27-12-17)23(24,25)26/h3-14,31H,1-2H3,(H,28,29,30). The summed E-state index contributed by atoms with van der Waals surface area (Å²) in [5, 5.41) is 4.00. The molecule has 34 heavy (non-hydrogen) atoms. The molecular formula is C23H20F3N5O2S. The molecule has 1 atom stereocenters. The van der Waals surface area contributed by atoms with Gasteiger partial charge in [-0.2, -0.15) is 13.2 Å². The van der Waals surface area contributed by atoms with Crippen molar-refractivity contribution in [1.29, 1.82) is 0 Å². The molecule has 4 rings (SSSR count). The fourth-order valence-electron chi connectivity index (χ4n) is 3.51. The molecule has 0 bridgehead atoms. The van der Waals surface area contributed by atoms with Crippen molar-refractivity contribution >= 4 is 32.4 Å². The number of sulfonamides is 1. The zero-order valence-corrected chi connectivity index (χ0v) is 18.9. The lowest BCUT2D eigenvalue weighted by Crippen LogP contribution is -2.17. The van der Waals surface area contributed by atoms with E-state index in [1.165, 1.54) is 6.33 Å². The number of fused-ring (bicyclic) bond motifs is 1. The number of anilines is 2. The predicted octanol–water partition coefficient (Wildman–Crippen LogP) is 5.26. The van der Waals surface area contributed by atoms with Crippen LogP contribution in [0, 0.1) is 0 Å². The monoisotopic (exact) mass is 487 g/mol. The summed E-state index contributed by atoms with van der Waals surface area (Å²) in [4.78, 5) is 12.1. The van der Waals surface area contributed by atoms with Crippen LogP contribution in [-0.4, -0.2) is 29.6 Å². The second-order valence-electron chi connectivity index (χ2n) is 7.72. The number of rotatable bonds is 6. The predicted molar refractivity (Wildman–Crippen MR) is 125 cm³/mol. The number of pyridine rings is 1. The number of nitrogens with one attached hydrogen (secondary N) is 2. The van der Waals surface area contributed by atoms with Gasteiger partial charge in [-0.1, -0.05) is 36.4 Å². The van der Waals surface area contributed by atoms with E-state index in [-0.39, 0.29) is 6.04 Å². The van der Waals surface area contributed by atoms with Crippen LogP contribution in [0.5, 0.6) is 0 Å². The lowest BCUT2D eigenvalue weighted by Gasteiger charge is -2.17. The molecule has 176 valence electrons. The quantitative estimate of drug-likeness (QED) is 0.385. The number of aromatic nitrogens is 3. The Hall–Kier alpha value is -3.73. The van der Waals surface area contributed by atoms with Gasteiger partial charge >= 0.3 is 6.18 Å². The Morgan fingerprint density at radius 2 is 1.68 bits per heavy atom. The third-order valence-electron chi connectivity index (χ3n) is 5.07. The van der Waals surface area contributed by atoms with Crippen molar-refractivity contribution in [2.75, 3.05) is 16.3 Å². The Kier molecular flexibility index (Phi) is 6.13. The van der Waals surface area contributed by atoms with E-state index in [2.05, 4.69) is 20.3 Å². The van der Waals surface area contributed by atoms with Gasteiger partial charge in [-0.3, -0.25) is 4.72 Å². The molecule has 0 radical (unpaired) electrons. The Balaban J connectivity index is 1.77. The lowest BCUT2D eigenvalue weighted by atomic mass is 10.0. The summed E-state index contributed by atoms with van der Waals surface area (Å²) in [5.74, 6) is 0.553. The van der Waals surface area contributed by atoms with Crippen LogP contribution in [0.1, 0.15) is 24.2 Å². The highest BCUT2D eigenvalue weighted by Crippen LogP contribution is 2.36. The van der Waals surface area contributed by atoms with E-state index in [0.717, 1.165) is 24.1 Å². The summed E-state index contributed by atoms with van der Waals surface area (Å²) in [7, 11) is -3.96. The van der Waals surface area contributed by atoms with Crippen molar-refractivity contribution in [1.82, 2.24) is 15.0 Å². The average Bonchev–Trinajstić information content (AvgIpc) is 2.77. The smallest absolute Gasteiger partial charge is 0.363 e. The van der Waals surface area contributed by atoms with Gasteiger partial charge < -0.3 is 5.32 Å². The van der Waals surface area contributed by atoms with Gasteiger partial charge in [0, 0.05) is 23.2 Å². The fraction of sp³-hybridized carbons (Fsp3) is 0.174. The van der Waals surface area contributed by atoms with E-state index in [9.17, 15) is 21.6 Å². The summed E-state index contributed by atoms with van der Waals surface area (Å²) in [5.41, 5.74) is 0.546. The SMILES string of the molecule is CC(Nc1ncnc2ccc(-c3cnc(C(F)(F)F)c(NS(C)(=O)=O)c3)cc12)c1ccccc1. The second kappa shape index (κ2) is 8.90. The minimum absolute atomic E-state index is 0.0683. The first-order valence-corrected chi connectivity index (χ1v) is 12.0. The van der Waals surface area contributed by atoms with Gasteiger partial charge in [0.15, 0.2) is 5.69 Å². The van der Waals surface area contributed by atoms with Crippen LogP contribution in [0.15, 0.2) is 67.1 Å². The highest BCUT2D eigenvalue weighted by atomic mass is 32.2. The minimum atomic E-state index is -4.83. The molecule has 0 aliphatic heterocycles. The maximum atomic E-state index is 13.4. The van der Waals surface area contributed by atoms with Crippen molar-refractivity contribution in [2.24, 2.45) is 0 Å². The number of nitrogens with zero attached hydrogens (tertiary/aromatic N) is 3. The Labute approximate surface area is 194 Å². The molecule has 0 spiro atoms. The van der Waals surface area contributed by atoms with Gasteiger partial charge in [-0.25, -0.2) is 23.4 Å². The van der Waals surface area contributed by atoms with E-state index < -0.39 is 27.6 Å². The van der Waals surface area contributed by atoms with E-state index in [1.54, 1.807) is 18.2 Å². The maximum Gasteiger partial charge on any atom is 0.435 e. The zero-order valence-electron chi connectivity index (χ0n) is 18.1. The molecule has 2 aromatic carbocycles. The van der Waals surface area contributed by atoms with Crippen LogP contribution in [0.3, 0.4) is 0 Å². The van der Waals surface area contributed by atoms with Gasteiger partial charge in [0.25, 0.3) is 0 Å². The molecule has 2 N–H and O–H groups in total. The third-order valence-corrected chi connectivity index (χ3v) is 5.66. The lowest BCUT2D eigenvalue weighted by molar-refractivity contribution is -0.140. The van der Waals surface area contributed by atoms with Crippen molar-refractivity contribution < 1.29 is 21.6 Å². The number of hydrogen-bond acceptors (Lipinski definition) is 6. The van der Waals surface area contributed by atoms with E-state index >= 15 is 0 Å². The van der Waals surface area contributed by atoms with Gasteiger partial charge in [0.1, 0.15) is 12.1 Å². The van der Waals surface area contributed by atoms with E-state index in [4.69, 9.17) is 0 Å². The number of alkyl halides is 3. The summed E-state index contributed by atoms with van der Waals surface area (Å²) in [6.45, 7) is 1.98. The van der Waals surface area contributed by atoms with Crippen LogP contribution < -0.4 is 10.0 Å². The molecule has 4 aromatic rings. The van der Waals surface area contributed by atoms with Gasteiger partial charge in [-0.15, -0.1) is 0 Å². The maximum absolute atomic E-state index is 13.4. The topological polar surface area (TPSA) is 96.9 Å². The molecule has 1 unspecified atom stereocenters. The Morgan fingerprint density at radius 1 is 0.941 bits per heavy atom. The second-order valence-corrected chi connectivity index (χ2v) is 9.47. The molecule has 2 heterocycles. The summed E-state index contributed by atoms with van der Waals surface area (Å²) >= 11 is 0. The average molecular weight is 488 g/mol. The van der Waals surface area contributed by atoms with Crippen LogP contribution >= 0.6 is 0 Å². The molecule has 0 fully saturated rings. The largest absolute Gasteiger partial charge is 0.435 e. The summed E-state index contributed by atoms with van der Waals surface area (Å²) < 4.78 is 65.3. The van der Waals surface area contributed by atoms with E-state index in [1.807, 2.05) is 42.0 Å². The first-order chi connectivity index (χ1) is 16.0. The minimum Gasteiger partial charge on any atom is -0.363 e. The van der Waals surface area contributed by atoms with Crippen molar-refractivity contribution in [3.63, 3.8) is 0 Å². The molecule has 0 aliphatic rings. The molecule has 2 aromatic heterocycles. The number of halogens is 3. The van der Waals surface area contributed by atoms with Gasteiger partial charge in [0.05, 0.1) is 17.5 Å². The van der Waals surface area contributed by atoms with E-state index in [0.29, 0.717) is 27.8 Å². The molecule has 0 aliphatic carbocycles. The van der Waals surface area contributed by atoms with Crippen molar-refractivity contribution in [3.8, 4) is 11.1 Å². The molecule has 7 nitrogen and oxygen atoms in total. The van der Waals surface area contributed by atoms with Crippen LogP contribution in [0.4, 0.5) is 24.7 Å². The zero-order chi connectivity index (χ0) is 24.5. The molecular weight excluding hydrogens is 467 g/mol. The Morgan fingerprint density at radius 3 is 2.35 bits per heavy atom. The number of hydrogen-bond donors (Lipinski definition) is 2. The Bertz CT molecular complexity index is 1440. The van der Waals surface area contributed by atoms with Gasteiger partial charge in [0.2, 0.25) is 10.0 Å². The van der Waals surface area contributed by atoms with Crippen molar-refractivity contribution in [3.05, 3.63) is 78.4 Å². The van der Waals surface area contributed by atoms with Crippen LogP contribution in [0.25, 0.3) is 22.0 Å². The third kappa shape index (κ3) is 5.25. The molecule has 0 amide bonds. The van der Waals surface area contributed by atoms with Crippen LogP contribution in [0.2, 0.25) is 0 Å². The normalized spacial score (nSPS) is 13.0. The summed E-state index contributed by atoms with van der Waals surface area (Å²) in [6, 6.07) is 15.9. The molecule has 11 heteroatoms. The first-order valence-electron chi connectivity index (χ1n) is 10.1. The van der Waals surface area contributed by atoms with Crippen molar-refractivity contribution in [2.45, 2.75) is 19.1 Å². The summed E-state index contributed by atoms with van der Waals surface area (Å²) in [6.07, 6.45) is -1.57. The fourth-order valence-corrected chi connectivity index (χ4v) is 4.06. The molecule has 0 saturated carbocycles. The highest BCUT2D eigenvalue weighted by molar-refractivity contribution is 7.92. The first kappa shape index (κ1) is 23.4.